The predicted molar refractivity (Wildman–Crippen MR) is 28.2 cm³/mol. The number of rotatable bonds is 1. The highest BCUT2D eigenvalue weighted by Crippen LogP contribution is 2.03. The molecular weight excluding hydrogens is 112 g/mol. The number of nitrogens with zero attached hydrogens (tertiary/aromatic N) is 3. The standard InChI is InChI=1S/C2H6N4S/c1-7-6-2-3-4-5-6/h2H2,1H3,(H,3,5). The molecule has 0 bridgehead atoms. The molecule has 0 radical (unpaired) electrons. The molecule has 1 heterocycles. The fourth-order valence-electron chi connectivity index (χ4n) is 0.301. The first-order valence-electron chi connectivity index (χ1n) is 1.87. The maximum atomic E-state index is 3.65. The van der Waals surface area contributed by atoms with Gasteiger partial charge in [0.2, 0.25) is 0 Å². The minimum absolute atomic E-state index is 0.654. The summed E-state index contributed by atoms with van der Waals surface area (Å²) in [7, 11) is 0. The van der Waals surface area contributed by atoms with Gasteiger partial charge in [0.05, 0.1) is 0 Å². The van der Waals surface area contributed by atoms with Crippen LogP contribution in [0, 0.1) is 0 Å². The van der Waals surface area contributed by atoms with Crippen LogP contribution in [-0.4, -0.2) is 17.3 Å². The molecule has 7 heavy (non-hydrogen) atoms. The number of hydrazine groups is 1. The van der Waals surface area contributed by atoms with Crippen LogP contribution in [0.4, 0.5) is 0 Å². The third-order valence-electron chi connectivity index (χ3n) is 0.639. The molecule has 0 fully saturated rings. The van der Waals surface area contributed by atoms with Gasteiger partial charge in [-0.05, 0) is 6.26 Å². The molecule has 0 aromatic heterocycles. The van der Waals surface area contributed by atoms with E-state index in [0.717, 1.165) is 0 Å². The van der Waals surface area contributed by atoms with Gasteiger partial charge in [-0.2, -0.15) is 5.11 Å². The lowest BCUT2D eigenvalue weighted by molar-refractivity contribution is 0.435. The van der Waals surface area contributed by atoms with E-state index < -0.39 is 0 Å². The minimum atomic E-state index is 0.654. The molecule has 1 rings (SSSR count). The average Bonchev–Trinajstić information content (AvgIpc) is 2.14. The quantitative estimate of drug-likeness (QED) is 0.507. The van der Waals surface area contributed by atoms with Crippen LogP contribution in [0.3, 0.4) is 0 Å². The van der Waals surface area contributed by atoms with Gasteiger partial charge in [-0.25, -0.2) is 5.53 Å². The highest BCUT2D eigenvalue weighted by molar-refractivity contribution is 7.96. The van der Waals surface area contributed by atoms with Gasteiger partial charge in [-0.1, -0.05) is 17.2 Å². The third kappa shape index (κ3) is 1.04. The molecule has 0 amide bonds. The Morgan fingerprint density at radius 2 is 2.71 bits per heavy atom. The third-order valence-corrected chi connectivity index (χ3v) is 1.28. The largest absolute Gasteiger partial charge is 0.210 e. The van der Waals surface area contributed by atoms with Gasteiger partial charge in [0.1, 0.15) is 6.67 Å². The van der Waals surface area contributed by atoms with Crippen LogP contribution >= 0.6 is 11.9 Å². The van der Waals surface area contributed by atoms with Crippen molar-refractivity contribution in [2.75, 3.05) is 12.9 Å². The molecule has 0 unspecified atom stereocenters. The molecule has 0 spiro atoms. The van der Waals surface area contributed by atoms with E-state index in [1.807, 2.05) is 10.7 Å². The normalized spacial score (nSPS) is 20.1. The highest BCUT2D eigenvalue weighted by Gasteiger charge is 2.02. The van der Waals surface area contributed by atoms with Crippen LogP contribution in [0.15, 0.2) is 10.3 Å². The van der Waals surface area contributed by atoms with Crippen molar-refractivity contribution < 1.29 is 0 Å². The summed E-state index contributed by atoms with van der Waals surface area (Å²) in [5.74, 6) is 0. The van der Waals surface area contributed by atoms with Gasteiger partial charge in [0.15, 0.2) is 0 Å². The zero-order valence-corrected chi connectivity index (χ0v) is 4.77. The highest BCUT2D eigenvalue weighted by atomic mass is 32.2. The first-order chi connectivity index (χ1) is 3.43. The fraction of sp³-hybridized carbons (Fsp3) is 1.00. The summed E-state index contributed by atoms with van der Waals surface area (Å²) in [6.45, 7) is 0.654. The van der Waals surface area contributed by atoms with E-state index in [1.165, 1.54) is 0 Å². The second kappa shape index (κ2) is 2.13. The van der Waals surface area contributed by atoms with E-state index in [9.17, 15) is 0 Å². The lowest BCUT2D eigenvalue weighted by atomic mass is 11.2. The Labute approximate surface area is 46.1 Å². The van der Waals surface area contributed by atoms with Crippen molar-refractivity contribution in [3.63, 3.8) is 0 Å². The van der Waals surface area contributed by atoms with Crippen molar-refractivity contribution in [2.45, 2.75) is 0 Å². The first-order valence-corrected chi connectivity index (χ1v) is 3.05. The van der Waals surface area contributed by atoms with Crippen molar-refractivity contribution in [3.8, 4) is 0 Å². The van der Waals surface area contributed by atoms with Crippen molar-refractivity contribution >= 4 is 11.9 Å². The van der Waals surface area contributed by atoms with Crippen LogP contribution in [0.2, 0.25) is 0 Å². The van der Waals surface area contributed by atoms with E-state index >= 15 is 0 Å². The lowest BCUT2D eigenvalue weighted by Crippen LogP contribution is -2.20. The van der Waals surface area contributed by atoms with Gasteiger partial charge in [0.25, 0.3) is 0 Å². The smallest absolute Gasteiger partial charge is 0.144 e. The van der Waals surface area contributed by atoms with E-state index in [-0.39, 0.29) is 0 Å². The fourth-order valence-corrected chi connectivity index (χ4v) is 0.586. The van der Waals surface area contributed by atoms with Crippen LogP contribution in [0.25, 0.3) is 0 Å². The summed E-state index contributed by atoms with van der Waals surface area (Å²) in [5, 5.41) is 7.17. The summed E-state index contributed by atoms with van der Waals surface area (Å²) in [5.41, 5.74) is 2.66. The molecule has 0 aliphatic carbocycles. The second-order valence-corrected chi connectivity index (χ2v) is 1.85. The van der Waals surface area contributed by atoms with E-state index in [4.69, 9.17) is 0 Å². The monoisotopic (exact) mass is 118 g/mol. The molecule has 0 saturated heterocycles. The topological polar surface area (TPSA) is 40.0 Å². The van der Waals surface area contributed by atoms with Crippen molar-refractivity contribution in [3.05, 3.63) is 0 Å². The number of hydrogen-bond donors (Lipinski definition) is 1. The van der Waals surface area contributed by atoms with Crippen molar-refractivity contribution in [1.29, 1.82) is 0 Å². The van der Waals surface area contributed by atoms with E-state index in [2.05, 4.69) is 15.9 Å². The maximum Gasteiger partial charge on any atom is 0.144 e. The molecule has 1 N–H and O–H groups in total. The van der Waals surface area contributed by atoms with E-state index in [1.54, 1.807) is 11.9 Å². The van der Waals surface area contributed by atoms with Crippen LogP contribution in [-0.2, 0) is 0 Å². The summed E-state index contributed by atoms with van der Waals surface area (Å²) in [6.07, 6.45) is 1.96. The molecular formula is C2H6N4S. The van der Waals surface area contributed by atoms with Crippen molar-refractivity contribution in [1.82, 2.24) is 9.95 Å². The number of nitrogens with one attached hydrogen (secondary N) is 1. The zero-order chi connectivity index (χ0) is 5.11. The molecule has 5 heteroatoms. The SMILES string of the molecule is CSN1CN=NN1. The Bertz CT molecular complexity index is 73.8. The van der Waals surface area contributed by atoms with Gasteiger partial charge >= 0.3 is 0 Å². The van der Waals surface area contributed by atoms with Crippen molar-refractivity contribution in [2.24, 2.45) is 10.3 Å². The molecule has 4 nitrogen and oxygen atoms in total. The summed E-state index contributed by atoms with van der Waals surface area (Å²) in [6, 6.07) is 0. The van der Waals surface area contributed by atoms with Gasteiger partial charge in [-0.3, -0.25) is 0 Å². The molecule has 1 aliphatic rings. The van der Waals surface area contributed by atoms with E-state index in [0.29, 0.717) is 6.67 Å². The second-order valence-electron chi connectivity index (χ2n) is 1.04. The zero-order valence-electron chi connectivity index (χ0n) is 3.96. The lowest BCUT2D eigenvalue weighted by Gasteiger charge is -2.04. The minimum Gasteiger partial charge on any atom is -0.210 e. The summed E-state index contributed by atoms with van der Waals surface area (Å²) in [4.78, 5) is 0. The van der Waals surface area contributed by atoms with Gasteiger partial charge < -0.3 is 0 Å². The van der Waals surface area contributed by atoms with Crippen LogP contribution < -0.4 is 5.53 Å². The summed E-state index contributed by atoms with van der Waals surface area (Å²) >= 11 is 1.57. The Kier molecular flexibility index (Phi) is 1.48. The molecule has 40 valence electrons. The Morgan fingerprint density at radius 3 is 3.00 bits per heavy atom. The molecule has 0 aromatic rings. The molecule has 0 atom stereocenters. The van der Waals surface area contributed by atoms with Crippen LogP contribution in [0.1, 0.15) is 0 Å². The molecule has 0 saturated carbocycles. The first kappa shape index (κ1) is 4.86. The molecule has 1 aliphatic heterocycles. The number of hydrogen-bond acceptors (Lipinski definition) is 5. The predicted octanol–water partition coefficient (Wildman–Crippen LogP) is 0.409. The van der Waals surface area contributed by atoms with Crippen LogP contribution in [0.5, 0.6) is 0 Å². The van der Waals surface area contributed by atoms with Gasteiger partial charge in [0, 0.05) is 0 Å². The molecule has 0 aromatic carbocycles. The Hall–Kier alpha value is -0.290. The Balaban J connectivity index is 2.22. The summed E-state index contributed by atoms with van der Waals surface area (Å²) < 4.78 is 1.82. The Morgan fingerprint density at radius 1 is 1.86 bits per heavy atom. The maximum absolute atomic E-state index is 3.65. The van der Waals surface area contributed by atoms with Gasteiger partial charge in [-0.15, -0.1) is 4.41 Å². The average molecular weight is 118 g/mol.